The van der Waals surface area contributed by atoms with Crippen LogP contribution in [0.5, 0.6) is 0 Å². The number of nitrogens with two attached hydrogens (primary N) is 1. The van der Waals surface area contributed by atoms with Gasteiger partial charge in [0.1, 0.15) is 0 Å². The molecule has 0 bridgehead atoms. The number of fused-ring (bicyclic) bond motifs is 1. The molecule has 4 heterocycles. The Morgan fingerprint density at radius 2 is 1.97 bits per heavy atom. The van der Waals surface area contributed by atoms with Crippen LogP contribution in [-0.2, 0) is 4.79 Å². The van der Waals surface area contributed by atoms with E-state index in [9.17, 15) is 14.7 Å². The largest absolute Gasteiger partial charge is 0.481 e. The summed E-state index contributed by atoms with van der Waals surface area (Å²) in [6.45, 7) is 7.20. The maximum atomic E-state index is 12.0. The first-order valence-corrected chi connectivity index (χ1v) is 13.3. The molecule has 196 valence electrons. The third-order valence-electron chi connectivity index (χ3n) is 7.46. The molecule has 1 aliphatic rings. The van der Waals surface area contributed by atoms with E-state index in [1.165, 1.54) is 16.2 Å². The van der Waals surface area contributed by atoms with E-state index < -0.39 is 17.4 Å². The van der Waals surface area contributed by atoms with E-state index in [1.807, 2.05) is 56.0 Å². The number of carbonyl (C=O) groups excluding carboxylic acids is 1. The lowest BCUT2D eigenvalue weighted by molar-refractivity contribution is -0.152. The number of benzene rings is 1. The standard InChI is InChI=1S/C27H29N7O3S/c1-4-34(24(28)37)26-32-21-12-17(11-19(22(21)38-26)20-7-5-6-9-29-20)18-13-30-25(31-14-18)33-10-8-27(3,23(35)36)16(2)15-33/h5-7,9,11-14,16H,4,8,10,15H2,1-3H3,(H2,28,37)(H,35,36). The number of carbonyl (C=O) groups is 2. The fourth-order valence-corrected chi connectivity index (χ4v) is 5.91. The summed E-state index contributed by atoms with van der Waals surface area (Å²) in [5, 5.41) is 10.2. The van der Waals surface area contributed by atoms with Crippen molar-refractivity contribution in [2.24, 2.45) is 17.1 Å². The van der Waals surface area contributed by atoms with Gasteiger partial charge in [-0.15, -0.1) is 0 Å². The normalized spacial score (nSPS) is 19.4. The maximum absolute atomic E-state index is 12.0. The van der Waals surface area contributed by atoms with Gasteiger partial charge in [-0.2, -0.15) is 0 Å². The van der Waals surface area contributed by atoms with Gasteiger partial charge in [0, 0.05) is 49.4 Å². The van der Waals surface area contributed by atoms with Crippen molar-refractivity contribution in [2.75, 3.05) is 29.4 Å². The summed E-state index contributed by atoms with van der Waals surface area (Å²) in [6.07, 6.45) is 5.82. The lowest BCUT2D eigenvalue weighted by atomic mass is 9.73. The molecule has 1 fully saturated rings. The average Bonchev–Trinajstić information content (AvgIpc) is 3.34. The van der Waals surface area contributed by atoms with Crippen LogP contribution in [0, 0.1) is 11.3 Å². The molecule has 10 nitrogen and oxygen atoms in total. The Kier molecular flexibility index (Phi) is 6.70. The predicted octanol–water partition coefficient (Wildman–Crippen LogP) is 4.66. The summed E-state index contributed by atoms with van der Waals surface area (Å²) in [4.78, 5) is 45.7. The third-order valence-corrected chi connectivity index (χ3v) is 8.59. The van der Waals surface area contributed by atoms with Crippen molar-refractivity contribution < 1.29 is 14.7 Å². The molecule has 0 saturated carbocycles. The SMILES string of the molecule is CCN(C(N)=O)c1nc2cc(-c3cnc(N4CCC(C)(C(=O)O)C(C)C4)nc3)cc(-c3ccccn3)c2s1. The number of carboxylic acid groups (broad SMARTS) is 1. The van der Waals surface area contributed by atoms with Crippen molar-refractivity contribution in [1.29, 1.82) is 0 Å². The van der Waals surface area contributed by atoms with Crippen LogP contribution in [0.2, 0.25) is 0 Å². The van der Waals surface area contributed by atoms with Crippen LogP contribution in [0.4, 0.5) is 15.9 Å². The molecule has 2 amide bonds. The molecule has 1 saturated heterocycles. The Labute approximate surface area is 224 Å². The van der Waals surface area contributed by atoms with Crippen LogP contribution >= 0.6 is 11.3 Å². The maximum Gasteiger partial charge on any atom is 0.321 e. The average molecular weight is 532 g/mol. The minimum Gasteiger partial charge on any atom is -0.481 e. The molecule has 0 aliphatic carbocycles. The number of nitrogens with zero attached hydrogens (tertiary/aromatic N) is 6. The number of rotatable bonds is 6. The summed E-state index contributed by atoms with van der Waals surface area (Å²) >= 11 is 1.40. The molecule has 3 aromatic heterocycles. The molecular weight excluding hydrogens is 502 g/mol. The molecule has 0 spiro atoms. The van der Waals surface area contributed by atoms with Gasteiger partial charge in [-0.05, 0) is 56.0 Å². The number of pyridine rings is 1. The Hall–Kier alpha value is -4.12. The summed E-state index contributed by atoms with van der Waals surface area (Å²) in [5.74, 6) is -0.222. The Bertz CT molecular complexity index is 1490. The Balaban J connectivity index is 1.51. The van der Waals surface area contributed by atoms with Gasteiger partial charge >= 0.3 is 12.0 Å². The monoisotopic (exact) mass is 531 g/mol. The summed E-state index contributed by atoms with van der Waals surface area (Å²) in [6, 6.07) is 9.17. The number of aromatic nitrogens is 4. The zero-order valence-electron chi connectivity index (χ0n) is 21.5. The molecule has 5 rings (SSSR count). The van der Waals surface area contributed by atoms with E-state index in [4.69, 9.17) is 10.7 Å². The molecule has 2 atom stereocenters. The molecule has 1 aliphatic heterocycles. The van der Waals surface area contributed by atoms with Crippen molar-refractivity contribution >= 4 is 44.6 Å². The lowest BCUT2D eigenvalue weighted by Gasteiger charge is -2.41. The smallest absolute Gasteiger partial charge is 0.321 e. The highest BCUT2D eigenvalue weighted by Crippen LogP contribution is 2.40. The third kappa shape index (κ3) is 4.53. The lowest BCUT2D eigenvalue weighted by Crippen LogP contribution is -2.49. The van der Waals surface area contributed by atoms with Crippen molar-refractivity contribution in [3.05, 3.63) is 48.9 Å². The second kappa shape index (κ2) is 9.97. The number of primary amides is 1. The first kappa shape index (κ1) is 25.5. The van der Waals surface area contributed by atoms with Crippen LogP contribution in [0.15, 0.2) is 48.9 Å². The zero-order chi connectivity index (χ0) is 27.0. The van der Waals surface area contributed by atoms with E-state index in [0.717, 1.165) is 32.6 Å². The van der Waals surface area contributed by atoms with Crippen molar-refractivity contribution in [3.8, 4) is 22.4 Å². The number of hydrogen-bond donors (Lipinski definition) is 2. The summed E-state index contributed by atoms with van der Waals surface area (Å²) < 4.78 is 0.906. The van der Waals surface area contributed by atoms with E-state index in [1.54, 1.807) is 18.6 Å². The number of carboxylic acids is 1. The van der Waals surface area contributed by atoms with Gasteiger partial charge in [0.15, 0.2) is 5.13 Å². The number of aliphatic carboxylic acids is 1. The van der Waals surface area contributed by atoms with Crippen LogP contribution in [0.25, 0.3) is 32.6 Å². The van der Waals surface area contributed by atoms with Crippen molar-refractivity contribution in [3.63, 3.8) is 0 Å². The van der Waals surface area contributed by atoms with Crippen LogP contribution in [0.3, 0.4) is 0 Å². The quantitative estimate of drug-likeness (QED) is 0.366. The van der Waals surface area contributed by atoms with Crippen LogP contribution in [-0.4, -0.2) is 56.7 Å². The van der Waals surface area contributed by atoms with Gasteiger partial charge in [-0.1, -0.05) is 24.3 Å². The summed E-state index contributed by atoms with van der Waals surface area (Å²) in [5.41, 5.74) is 8.92. The molecule has 1 aromatic carbocycles. The number of hydrogen-bond acceptors (Lipinski definition) is 8. The fraction of sp³-hybridized carbons (Fsp3) is 0.333. The minimum absolute atomic E-state index is 0.0395. The molecule has 38 heavy (non-hydrogen) atoms. The molecule has 3 N–H and O–H groups in total. The second-order valence-corrected chi connectivity index (χ2v) is 10.7. The number of urea groups is 1. The van der Waals surface area contributed by atoms with Crippen LogP contribution in [0.1, 0.15) is 27.2 Å². The van der Waals surface area contributed by atoms with E-state index in [-0.39, 0.29) is 5.92 Å². The highest BCUT2D eigenvalue weighted by molar-refractivity contribution is 7.23. The molecular formula is C27H29N7O3S. The number of anilines is 2. The highest BCUT2D eigenvalue weighted by atomic mass is 32.1. The van der Waals surface area contributed by atoms with Gasteiger partial charge in [0.2, 0.25) is 5.95 Å². The minimum atomic E-state index is -0.761. The number of amides is 2. The van der Waals surface area contributed by atoms with E-state index in [2.05, 4.69) is 15.0 Å². The molecule has 2 unspecified atom stereocenters. The van der Waals surface area contributed by atoms with Crippen LogP contribution < -0.4 is 15.5 Å². The van der Waals surface area contributed by atoms with Gasteiger partial charge in [0.05, 0.1) is 21.3 Å². The molecule has 11 heteroatoms. The zero-order valence-corrected chi connectivity index (χ0v) is 22.3. The second-order valence-electron chi connectivity index (χ2n) is 9.76. The van der Waals surface area contributed by atoms with Gasteiger partial charge in [-0.3, -0.25) is 14.7 Å². The van der Waals surface area contributed by atoms with E-state index in [0.29, 0.717) is 37.1 Å². The van der Waals surface area contributed by atoms with Crippen molar-refractivity contribution in [1.82, 2.24) is 19.9 Å². The predicted molar refractivity (Wildman–Crippen MR) is 148 cm³/mol. The number of thiazole rings is 1. The van der Waals surface area contributed by atoms with Gasteiger partial charge in [0.25, 0.3) is 0 Å². The molecule has 0 radical (unpaired) electrons. The van der Waals surface area contributed by atoms with Crippen molar-refractivity contribution in [2.45, 2.75) is 27.2 Å². The first-order chi connectivity index (χ1) is 18.2. The highest BCUT2D eigenvalue weighted by Gasteiger charge is 2.43. The number of piperidine rings is 1. The summed E-state index contributed by atoms with van der Waals surface area (Å²) in [7, 11) is 0. The Morgan fingerprint density at radius 1 is 1.21 bits per heavy atom. The van der Waals surface area contributed by atoms with Gasteiger partial charge < -0.3 is 15.7 Å². The fourth-order valence-electron chi connectivity index (χ4n) is 4.77. The Morgan fingerprint density at radius 3 is 2.58 bits per heavy atom. The first-order valence-electron chi connectivity index (χ1n) is 12.4. The topological polar surface area (TPSA) is 138 Å². The van der Waals surface area contributed by atoms with Gasteiger partial charge in [-0.25, -0.2) is 19.7 Å². The van der Waals surface area contributed by atoms with E-state index >= 15 is 0 Å². The molecule has 4 aromatic rings.